The summed E-state index contributed by atoms with van der Waals surface area (Å²) in [6, 6.07) is 24.2. The predicted octanol–water partition coefficient (Wildman–Crippen LogP) is 8.25. The molecule has 4 nitrogen and oxygen atoms in total. The molecule has 0 N–H and O–H groups in total. The number of esters is 1. The highest BCUT2D eigenvalue weighted by Crippen LogP contribution is 2.66. The van der Waals surface area contributed by atoms with Crippen molar-refractivity contribution in [3.05, 3.63) is 95.8 Å². The summed E-state index contributed by atoms with van der Waals surface area (Å²) in [6.45, 7) is 3.93. The van der Waals surface area contributed by atoms with Gasteiger partial charge in [-0.05, 0) is 41.2 Å². The van der Waals surface area contributed by atoms with Crippen LogP contribution in [0.25, 0.3) is 0 Å². The Bertz CT molecular complexity index is 1280. The van der Waals surface area contributed by atoms with Gasteiger partial charge >= 0.3 is 5.97 Å². The lowest BCUT2D eigenvalue weighted by molar-refractivity contribution is -0.149. The summed E-state index contributed by atoms with van der Waals surface area (Å²) in [5.74, 6) is -1.36. The van der Waals surface area contributed by atoms with Gasteiger partial charge in [-0.1, -0.05) is 100 Å². The number of nitriles is 1. The summed E-state index contributed by atoms with van der Waals surface area (Å²) in [6.07, 6.45) is -1.22. The number of halogens is 4. The fourth-order valence-electron chi connectivity index (χ4n) is 4.45. The lowest BCUT2D eigenvalue weighted by Gasteiger charge is -2.27. The molecule has 1 unspecified atom stereocenters. The molecule has 1 aliphatic carbocycles. The van der Waals surface area contributed by atoms with E-state index in [4.69, 9.17) is 21.1 Å². The molecule has 0 aliphatic heterocycles. The molecular weight excluding hydrogens is 613 g/mol. The molecule has 5 atom stereocenters. The van der Waals surface area contributed by atoms with E-state index in [0.29, 0.717) is 11.3 Å². The average molecular weight is 636 g/mol. The molecule has 186 valence electrons. The van der Waals surface area contributed by atoms with Crippen LogP contribution in [-0.4, -0.2) is 10.8 Å². The number of rotatable bonds is 8. The zero-order valence-corrected chi connectivity index (χ0v) is 23.4. The first-order valence-corrected chi connectivity index (χ1v) is 13.4. The third-order valence-corrected chi connectivity index (χ3v) is 10.1. The van der Waals surface area contributed by atoms with Crippen LogP contribution in [0.2, 0.25) is 0 Å². The van der Waals surface area contributed by atoms with Crippen molar-refractivity contribution in [3.8, 4) is 17.6 Å². The van der Waals surface area contributed by atoms with Gasteiger partial charge < -0.3 is 9.47 Å². The van der Waals surface area contributed by atoms with Crippen LogP contribution in [0.4, 0.5) is 4.39 Å². The van der Waals surface area contributed by atoms with Gasteiger partial charge in [0.1, 0.15) is 15.6 Å². The van der Waals surface area contributed by atoms with Crippen molar-refractivity contribution in [2.75, 3.05) is 0 Å². The summed E-state index contributed by atoms with van der Waals surface area (Å²) in [4.78, 5) is 12.9. The van der Waals surface area contributed by atoms with Crippen molar-refractivity contribution in [2.45, 2.75) is 28.6 Å². The molecule has 0 amide bonds. The average Bonchev–Trinajstić information content (AvgIpc) is 3.46. The van der Waals surface area contributed by atoms with E-state index < -0.39 is 33.0 Å². The molecule has 1 fully saturated rings. The van der Waals surface area contributed by atoms with E-state index in [0.717, 1.165) is 5.56 Å². The SMILES string of the molecule is CC1(C)[C@H]([C@H](Br)[C@](Cl)(Br)c2ccccc2)[C@@H]1C(=O)OC(C#N)c1ccc(F)c(Oc2ccccc2)c1. The molecule has 3 aromatic carbocycles. The van der Waals surface area contributed by atoms with Crippen LogP contribution in [-0.2, 0) is 13.3 Å². The van der Waals surface area contributed by atoms with Crippen LogP contribution in [0.15, 0.2) is 78.9 Å². The topological polar surface area (TPSA) is 59.3 Å². The van der Waals surface area contributed by atoms with E-state index in [1.807, 2.05) is 56.3 Å². The van der Waals surface area contributed by atoms with Gasteiger partial charge in [0.15, 0.2) is 11.6 Å². The summed E-state index contributed by atoms with van der Waals surface area (Å²) in [5.41, 5.74) is 0.758. The van der Waals surface area contributed by atoms with Crippen molar-refractivity contribution in [1.82, 2.24) is 0 Å². The highest BCUT2D eigenvalue weighted by molar-refractivity contribution is 9.12. The minimum Gasteiger partial charge on any atom is -0.454 e. The van der Waals surface area contributed by atoms with Gasteiger partial charge in [0.05, 0.1) is 10.7 Å². The van der Waals surface area contributed by atoms with Crippen LogP contribution >= 0.6 is 43.5 Å². The third kappa shape index (κ3) is 5.32. The second-order valence-electron chi connectivity index (χ2n) is 9.27. The molecule has 0 heterocycles. The Hall–Kier alpha value is -2.40. The number of para-hydroxylation sites is 1. The van der Waals surface area contributed by atoms with Crippen molar-refractivity contribution in [3.63, 3.8) is 0 Å². The van der Waals surface area contributed by atoms with Crippen molar-refractivity contribution in [1.29, 1.82) is 5.26 Å². The highest BCUT2D eigenvalue weighted by atomic mass is 79.9. The standard InChI is InChI=1S/C28H23Br2ClFNO3/c1-27(2)23(25(29)28(30,31)18-9-5-3-6-10-18)24(27)26(34)36-22(16-33)17-13-14-20(32)21(15-17)35-19-11-7-4-8-12-19/h3-15,22-25H,1-2H3/t22?,23-,24+,25-,28-/m0/s1. The Morgan fingerprint density at radius 3 is 2.33 bits per heavy atom. The Kier molecular flexibility index (Phi) is 7.80. The Balaban J connectivity index is 1.50. The number of ether oxygens (including phenoxy) is 2. The van der Waals surface area contributed by atoms with Gasteiger partial charge in [-0.15, -0.1) is 11.6 Å². The number of hydrogen-bond acceptors (Lipinski definition) is 4. The summed E-state index contributed by atoms with van der Waals surface area (Å²) in [7, 11) is 0. The molecule has 0 radical (unpaired) electrons. The second kappa shape index (κ2) is 10.5. The highest BCUT2D eigenvalue weighted by Gasteiger charge is 2.68. The summed E-state index contributed by atoms with van der Waals surface area (Å²) >= 11 is 14.2. The molecule has 0 aromatic heterocycles. The first-order chi connectivity index (χ1) is 17.1. The molecule has 0 saturated heterocycles. The van der Waals surface area contributed by atoms with E-state index in [1.54, 1.807) is 24.3 Å². The van der Waals surface area contributed by atoms with Gasteiger partial charge in [0.25, 0.3) is 0 Å². The minimum absolute atomic E-state index is 0.0609. The van der Waals surface area contributed by atoms with E-state index in [1.165, 1.54) is 18.2 Å². The number of carbonyl (C=O) groups excluding carboxylic acids is 1. The maximum atomic E-state index is 14.4. The van der Waals surface area contributed by atoms with Crippen molar-refractivity contribution >= 4 is 49.4 Å². The third-order valence-electron chi connectivity index (χ3n) is 6.57. The number of alkyl halides is 3. The molecule has 1 saturated carbocycles. The fourth-order valence-corrected chi connectivity index (χ4v) is 6.52. The van der Waals surface area contributed by atoms with Gasteiger partial charge in [-0.3, -0.25) is 4.79 Å². The molecule has 4 rings (SSSR count). The van der Waals surface area contributed by atoms with E-state index >= 15 is 0 Å². The molecule has 1 aliphatic rings. The number of hydrogen-bond donors (Lipinski definition) is 0. The van der Waals surface area contributed by atoms with Crippen LogP contribution in [0.1, 0.15) is 31.1 Å². The monoisotopic (exact) mass is 633 g/mol. The van der Waals surface area contributed by atoms with Gasteiger partial charge in [0.2, 0.25) is 6.10 Å². The molecule has 3 aromatic rings. The summed E-state index contributed by atoms with van der Waals surface area (Å²) in [5, 5.41) is 9.76. The van der Waals surface area contributed by atoms with Gasteiger partial charge in [-0.2, -0.15) is 5.26 Å². The lowest BCUT2D eigenvalue weighted by Crippen LogP contribution is -2.27. The Morgan fingerprint density at radius 2 is 1.72 bits per heavy atom. The molecule has 0 bridgehead atoms. The predicted molar refractivity (Wildman–Crippen MR) is 144 cm³/mol. The van der Waals surface area contributed by atoms with E-state index in [2.05, 4.69) is 31.9 Å². The normalized spacial score (nSPS) is 21.4. The molecular formula is C28H23Br2ClFNO3. The van der Waals surface area contributed by atoms with E-state index in [9.17, 15) is 14.4 Å². The minimum atomic E-state index is -1.22. The van der Waals surface area contributed by atoms with Crippen molar-refractivity contribution in [2.24, 2.45) is 17.3 Å². The zero-order valence-electron chi connectivity index (χ0n) is 19.5. The van der Waals surface area contributed by atoms with Crippen LogP contribution in [0.3, 0.4) is 0 Å². The maximum Gasteiger partial charge on any atom is 0.311 e. The van der Waals surface area contributed by atoms with E-state index in [-0.39, 0.29) is 16.5 Å². The molecule has 36 heavy (non-hydrogen) atoms. The summed E-state index contributed by atoms with van der Waals surface area (Å²) < 4.78 is 24.7. The second-order valence-corrected chi connectivity index (χ2v) is 12.6. The number of carbonyl (C=O) groups is 1. The zero-order chi connectivity index (χ0) is 26.1. The van der Waals surface area contributed by atoms with Crippen LogP contribution in [0, 0.1) is 34.4 Å². The Labute approximate surface area is 231 Å². The lowest BCUT2D eigenvalue weighted by atomic mass is 10.0. The van der Waals surface area contributed by atoms with Crippen LogP contribution < -0.4 is 4.74 Å². The van der Waals surface area contributed by atoms with Gasteiger partial charge in [0, 0.05) is 5.56 Å². The maximum absolute atomic E-state index is 14.4. The largest absolute Gasteiger partial charge is 0.454 e. The smallest absolute Gasteiger partial charge is 0.311 e. The van der Waals surface area contributed by atoms with Gasteiger partial charge in [-0.25, -0.2) is 4.39 Å². The Morgan fingerprint density at radius 1 is 1.11 bits per heavy atom. The molecule has 0 spiro atoms. The fraction of sp³-hybridized carbons (Fsp3) is 0.286. The number of benzene rings is 3. The first-order valence-electron chi connectivity index (χ1n) is 11.3. The molecule has 8 heteroatoms. The van der Waals surface area contributed by atoms with Crippen LogP contribution in [0.5, 0.6) is 11.5 Å². The van der Waals surface area contributed by atoms with Crippen molar-refractivity contribution < 1.29 is 18.7 Å². The number of nitrogens with zero attached hydrogens (tertiary/aromatic N) is 1. The quantitative estimate of drug-likeness (QED) is 0.185. The first kappa shape index (κ1) is 26.7.